The van der Waals surface area contributed by atoms with Crippen molar-refractivity contribution < 1.29 is 33.4 Å². The lowest BCUT2D eigenvalue weighted by atomic mass is 9.47. The number of hydrogen-bond acceptors (Lipinski definition) is 7. The van der Waals surface area contributed by atoms with Gasteiger partial charge in [0.25, 0.3) is 0 Å². The molecule has 0 aromatic rings. The Hall–Kier alpha value is -2.78. The van der Waals surface area contributed by atoms with Crippen LogP contribution in [0.3, 0.4) is 0 Å². The van der Waals surface area contributed by atoms with Crippen LogP contribution in [0.1, 0.15) is 218 Å². The van der Waals surface area contributed by atoms with Gasteiger partial charge in [-0.3, -0.25) is 9.59 Å². The Morgan fingerprint density at radius 3 is 1.97 bits per heavy atom. The molecular weight excluding hydrogens is 803 g/mol. The molecule has 0 bridgehead atoms. The van der Waals surface area contributed by atoms with E-state index in [9.17, 15) is 19.2 Å². The van der Waals surface area contributed by atoms with Crippen molar-refractivity contribution in [3.63, 3.8) is 0 Å². The van der Waals surface area contributed by atoms with E-state index in [1.165, 1.54) is 56.9 Å². The minimum Gasteiger partial charge on any atom is -0.462 e. The number of allylic oxidation sites excluding steroid dienone is 1. The average Bonchev–Trinajstić information content (AvgIpc) is 3.53. The highest BCUT2D eigenvalue weighted by Crippen LogP contribution is 2.67. The summed E-state index contributed by atoms with van der Waals surface area (Å²) in [5.41, 5.74) is 1.06. The van der Waals surface area contributed by atoms with E-state index in [1.807, 2.05) is 60.3 Å². The second-order valence-corrected chi connectivity index (χ2v) is 24.0. The van der Waals surface area contributed by atoms with E-state index < -0.39 is 17.3 Å². The monoisotopic (exact) mass is 898 g/mol. The fourth-order valence-electron chi connectivity index (χ4n) is 12.5. The summed E-state index contributed by atoms with van der Waals surface area (Å²) in [7, 11) is 0. The number of unbranched alkanes of at least 4 members (excludes halogenated alkanes) is 4. The number of nitrogens with zero attached hydrogens (tertiary/aromatic N) is 1. The first-order valence-corrected chi connectivity index (χ1v) is 26.1. The van der Waals surface area contributed by atoms with Crippen molar-refractivity contribution >= 4 is 24.1 Å². The first-order valence-electron chi connectivity index (χ1n) is 26.1. The maximum atomic E-state index is 13.7. The van der Waals surface area contributed by atoms with Crippen LogP contribution in [0, 0.1) is 46.3 Å². The Kier molecular flexibility index (Phi) is 20.0. The molecule has 0 heterocycles. The normalized spacial score (nSPS) is 28.1. The van der Waals surface area contributed by atoms with Gasteiger partial charge in [0, 0.05) is 38.0 Å². The quantitative estimate of drug-likeness (QED) is 0.0480. The zero-order valence-electron chi connectivity index (χ0n) is 43.1. The van der Waals surface area contributed by atoms with E-state index >= 15 is 0 Å². The lowest BCUT2D eigenvalue weighted by Gasteiger charge is -2.58. The second-order valence-electron chi connectivity index (χ2n) is 24.0. The fourth-order valence-corrected chi connectivity index (χ4v) is 12.5. The Morgan fingerprint density at radius 1 is 0.703 bits per heavy atom. The van der Waals surface area contributed by atoms with Crippen LogP contribution >= 0.6 is 0 Å². The average molecular weight is 898 g/mol. The van der Waals surface area contributed by atoms with Crippen molar-refractivity contribution in [3.8, 4) is 0 Å². The summed E-state index contributed by atoms with van der Waals surface area (Å²) in [6.07, 6.45) is 21.7. The highest BCUT2D eigenvalue weighted by Gasteiger charge is 2.59. The van der Waals surface area contributed by atoms with Crippen molar-refractivity contribution in [2.75, 3.05) is 13.1 Å². The lowest BCUT2D eigenvalue weighted by Crippen LogP contribution is -2.51. The SMILES string of the molecule is CC(C)CCCC(C)C1CCC2C3CC=C4CC(OC(=O)CCC(=O)N(CCCCCCCC(C)NC(=O)OC(C)(C)C)CCC(C)NC(=O)OC(C)(C)C)CCC4(C)C3CCC12C. The standard InChI is InChI=1S/C54H95N3O7/c1-37(2)20-19-21-38(3)44-25-26-45-43-24-23-41-36-42(29-32-53(41,12)46(43)30-33-54(44,45)13)62-48(59)28-27-47(58)57(35-31-40(5)56-50(61)64-52(9,10)11)34-18-16-14-15-17-22-39(4)55-49(60)63-51(6,7)8/h23,37-40,42-46H,14-22,24-36H2,1-13H3,(H,55,60)(H,56,61). The summed E-state index contributed by atoms with van der Waals surface area (Å²) in [5.74, 6) is 4.45. The fraction of sp³-hybridized carbons (Fsp3) is 0.889. The Balaban J connectivity index is 1.25. The van der Waals surface area contributed by atoms with Crippen LogP contribution in [0.4, 0.5) is 9.59 Å². The molecule has 3 amide bonds. The molecule has 4 aliphatic carbocycles. The number of carbonyl (C=O) groups is 4. The predicted molar refractivity (Wildman–Crippen MR) is 259 cm³/mol. The molecule has 2 N–H and O–H groups in total. The molecule has 4 aliphatic rings. The molecule has 10 unspecified atom stereocenters. The third-order valence-corrected chi connectivity index (χ3v) is 15.9. The number of carbonyl (C=O) groups excluding carboxylic acids is 4. The van der Waals surface area contributed by atoms with Crippen LogP contribution in [0.15, 0.2) is 11.6 Å². The predicted octanol–water partition coefficient (Wildman–Crippen LogP) is 13.1. The summed E-state index contributed by atoms with van der Waals surface area (Å²) in [6.45, 7) is 28.5. The third kappa shape index (κ3) is 16.2. The van der Waals surface area contributed by atoms with E-state index in [-0.39, 0.29) is 54.4 Å². The van der Waals surface area contributed by atoms with Gasteiger partial charge in [-0.1, -0.05) is 91.2 Å². The summed E-state index contributed by atoms with van der Waals surface area (Å²) >= 11 is 0. The molecule has 10 heteroatoms. The van der Waals surface area contributed by atoms with Crippen LogP contribution in [0.25, 0.3) is 0 Å². The minimum atomic E-state index is -0.594. The maximum Gasteiger partial charge on any atom is 0.407 e. The van der Waals surface area contributed by atoms with E-state index in [1.54, 1.807) is 0 Å². The number of fused-ring (bicyclic) bond motifs is 5. The van der Waals surface area contributed by atoms with Gasteiger partial charge < -0.3 is 29.7 Å². The highest BCUT2D eigenvalue weighted by molar-refractivity contribution is 5.81. The molecule has 0 aliphatic heterocycles. The number of hydrogen-bond donors (Lipinski definition) is 2. The third-order valence-electron chi connectivity index (χ3n) is 15.9. The molecule has 4 rings (SSSR count). The van der Waals surface area contributed by atoms with Crippen molar-refractivity contribution in [1.29, 1.82) is 0 Å². The van der Waals surface area contributed by atoms with Crippen molar-refractivity contribution in [2.45, 2.75) is 248 Å². The Morgan fingerprint density at radius 2 is 1.33 bits per heavy atom. The summed E-state index contributed by atoms with van der Waals surface area (Å²) in [6, 6.07) is -0.151. The second kappa shape index (κ2) is 23.8. The molecule has 3 fully saturated rings. The summed E-state index contributed by atoms with van der Waals surface area (Å²) < 4.78 is 17.0. The molecule has 10 nitrogen and oxygen atoms in total. The van der Waals surface area contributed by atoms with Gasteiger partial charge in [-0.15, -0.1) is 0 Å². The van der Waals surface area contributed by atoms with Crippen LogP contribution in [-0.2, 0) is 23.8 Å². The number of amides is 3. The lowest BCUT2D eigenvalue weighted by molar-refractivity contribution is -0.153. The van der Waals surface area contributed by atoms with E-state index in [4.69, 9.17) is 14.2 Å². The van der Waals surface area contributed by atoms with Gasteiger partial charge >= 0.3 is 18.2 Å². The molecule has 0 spiro atoms. The van der Waals surface area contributed by atoms with Crippen molar-refractivity contribution in [2.24, 2.45) is 46.3 Å². The number of alkyl carbamates (subject to hydrolysis) is 2. The number of rotatable bonds is 22. The molecule has 368 valence electrons. The first kappa shape index (κ1) is 53.8. The summed E-state index contributed by atoms with van der Waals surface area (Å²) in [4.78, 5) is 53.5. The summed E-state index contributed by atoms with van der Waals surface area (Å²) in [5, 5.41) is 5.82. The first-order chi connectivity index (χ1) is 29.9. The van der Waals surface area contributed by atoms with Gasteiger partial charge in [-0.05, 0) is 166 Å². The maximum absolute atomic E-state index is 13.7. The van der Waals surface area contributed by atoms with E-state index in [2.05, 4.69) is 51.3 Å². The highest BCUT2D eigenvalue weighted by atomic mass is 16.6. The minimum absolute atomic E-state index is 0.0353. The number of nitrogens with one attached hydrogen (secondary N) is 2. The van der Waals surface area contributed by atoms with Crippen LogP contribution in [0.2, 0.25) is 0 Å². The van der Waals surface area contributed by atoms with Gasteiger partial charge in [0.2, 0.25) is 5.91 Å². The smallest absolute Gasteiger partial charge is 0.407 e. The molecule has 3 saturated carbocycles. The molecular formula is C54H95N3O7. The zero-order chi connectivity index (χ0) is 47.5. The number of esters is 1. The molecule has 10 atom stereocenters. The van der Waals surface area contributed by atoms with Gasteiger partial charge in [0.05, 0.1) is 6.42 Å². The Labute approximate surface area is 390 Å². The Bertz CT molecular complexity index is 1550. The molecule has 64 heavy (non-hydrogen) atoms. The van der Waals surface area contributed by atoms with Gasteiger partial charge in [-0.25, -0.2) is 9.59 Å². The van der Waals surface area contributed by atoms with Crippen LogP contribution in [-0.4, -0.2) is 71.4 Å². The van der Waals surface area contributed by atoms with Gasteiger partial charge in [0.15, 0.2) is 0 Å². The number of ether oxygens (including phenoxy) is 3. The van der Waals surface area contributed by atoms with Crippen molar-refractivity contribution in [1.82, 2.24) is 15.5 Å². The van der Waals surface area contributed by atoms with Crippen LogP contribution < -0.4 is 10.6 Å². The van der Waals surface area contributed by atoms with Crippen LogP contribution in [0.5, 0.6) is 0 Å². The van der Waals surface area contributed by atoms with E-state index in [0.29, 0.717) is 24.9 Å². The molecule has 0 saturated heterocycles. The largest absolute Gasteiger partial charge is 0.462 e. The van der Waals surface area contributed by atoms with Gasteiger partial charge in [0.1, 0.15) is 17.3 Å². The molecule has 0 radical (unpaired) electrons. The molecule has 0 aromatic carbocycles. The van der Waals surface area contributed by atoms with E-state index in [0.717, 1.165) is 93.3 Å². The van der Waals surface area contributed by atoms with Gasteiger partial charge in [-0.2, -0.15) is 0 Å². The molecule has 0 aromatic heterocycles. The zero-order valence-corrected chi connectivity index (χ0v) is 43.1. The van der Waals surface area contributed by atoms with Crippen molar-refractivity contribution in [3.05, 3.63) is 11.6 Å². The topological polar surface area (TPSA) is 123 Å².